The third kappa shape index (κ3) is 9.08. The van der Waals surface area contributed by atoms with Crippen molar-refractivity contribution in [3.8, 4) is 0 Å². The van der Waals surface area contributed by atoms with Crippen LogP contribution in [0.25, 0.3) is 0 Å². The molecule has 0 unspecified atom stereocenters. The first-order valence-corrected chi connectivity index (χ1v) is 11.2. The van der Waals surface area contributed by atoms with Gasteiger partial charge in [-0.05, 0) is 36.9 Å². The number of alkyl carbamates (subject to hydrolysis) is 1. The summed E-state index contributed by atoms with van der Waals surface area (Å²) >= 11 is 5.72. The zero-order valence-corrected chi connectivity index (χ0v) is 18.7. The largest absolute Gasteiger partial charge is 0.445 e. The molecule has 0 aliphatic rings. The van der Waals surface area contributed by atoms with Crippen LogP contribution in [0.5, 0.6) is 0 Å². The molecule has 2 atom stereocenters. The monoisotopic (exact) mass is 459 g/mol. The molecule has 2 aromatic rings. The number of nitrogens with one attached hydrogen (secondary N) is 2. The van der Waals surface area contributed by atoms with Gasteiger partial charge >= 0.3 is 6.09 Å². The second-order valence-corrected chi connectivity index (χ2v) is 7.66. The molecule has 0 saturated heterocycles. The van der Waals surface area contributed by atoms with Gasteiger partial charge in [0, 0.05) is 6.42 Å². The number of ketones is 1. The van der Waals surface area contributed by atoms with E-state index < -0.39 is 24.1 Å². The minimum Gasteiger partial charge on any atom is -0.445 e. The van der Waals surface area contributed by atoms with E-state index in [0.29, 0.717) is 19.4 Å². The maximum atomic E-state index is 13.0. The molecule has 0 radical (unpaired) electrons. The minimum atomic E-state index is -0.916. The van der Waals surface area contributed by atoms with E-state index in [4.69, 9.17) is 22.1 Å². The summed E-state index contributed by atoms with van der Waals surface area (Å²) in [5, 5.41) is 5.37. The number of benzene rings is 2. The Labute approximate surface area is 193 Å². The fourth-order valence-electron chi connectivity index (χ4n) is 3.14. The third-order valence-corrected chi connectivity index (χ3v) is 5.15. The van der Waals surface area contributed by atoms with Gasteiger partial charge in [0.2, 0.25) is 5.91 Å². The Kier molecular flexibility index (Phi) is 11.3. The lowest BCUT2D eigenvalue weighted by molar-refractivity contribution is -0.128. The highest BCUT2D eigenvalue weighted by atomic mass is 35.5. The van der Waals surface area contributed by atoms with Gasteiger partial charge in [-0.15, -0.1) is 11.6 Å². The first kappa shape index (κ1) is 25.4. The second-order valence-electron chi connectivity index (χ2n) is 7.39. The first-order valence-electron chi connectivity index (χ1n) is 10.6. The Balaban J connectivity index is 2.05. The van der Waals surface area contributed by atoms with E-state index in [0.717, 1.165) is 17.5 Å². The molecule has 0 heterocycles. The number of nitrogens with two attached hydrogens (primary N) is 1. The van der Waals surface area contributed by atoms with Crippen LogP contribution in [0, 0.1) is 0 Å². The van der Waals surface area contributed by atoms with Crippen LogP contribution in [0.4, 0.5) is 4.79 Å². The summed E-state index contributed by atoms with van der Waals surface area (Å²) in [6, 6.07) is 16.9. The van der Waals surface area contributed by atoms with Crippen molar-refractivity contribution in [2.45, 2.75) is 44.4 Å². The fourth-order valence-corrected chi connectivity index (χ4v) is 3.32. The minimum absolute atomic E-state index is 0.0821. The summed E-state index contributed by atoms with van der Waals surface area (Å²) in [7, 11) is 0. The summed E-state index contributed by atoms with van der Waals surface area (Å²) in [6.45, 7) is 0.583. The molecule has 0 aliphatic heterocycles. The molecule has 0 fully saturated rings. The van der Waals surface area contributed by atoms with Crippen LogP contribution in [-0.2, 0) is 27.4 Å². The van der Waals surface area contributed by atoms with Gasteiger partial charge in [0.05, 0.1) is 11.9 Å². The third-order valence-electron chi connectivity index (χ3n) is 4.89. The maximum absolute atomic E-state index is 13.0. The Bertz CT molecular complexity index is 849. The number of carbonyl (C=O) groups is 3. The van der Waals surface area contributed by atoms with Crippen molar-refractivity contribution in [3.05, 3.63) is 71.8 Å². The molecule has 2 aromatic carbocycles. The molecular formula is C24H30ClN3O4. The molecule has 0 saturated carbocycles. The SMILES string of the molecule is NCCCC[C@H](NC(=O)[C@H](Cc1ccccc1)NC(=O)OCc1ccccc1)C(=O)CCl. The Morgan fingerprint density at radius 2 is 1.50 bits per heavy atom. The van der Waals surface area contributed by atoms with Gasteiger partial charge in [-0.3, -0.25) is 9.59 Å². The molecule has 2 amide bonds. The molecule has 7 nitrogen and oxygen atoms in total. The number of carbonyl (C=O) groups excluding carboxylic acids is 3. The predicted octanol–water partition coefficient (Wildman–Crippen LogP) is 2.95. The van der Waals surface area contributed by atoms with Crippen molar-refractivity contribution in [3.63, 3.8) is 0 Å². The normalized spacial score (nSPS) is 12.4. The van der Waals surface area contributed by atoms with Crippen LogP contribution in [0.1, 0.15) is 30.4 Å². The molecule has 32 heavy (non-hydrogen) atoms. The highest BCUT2D eigenvalue weighted by Crippen LogP contribution is 2.08. The molecule has 4 N–H and O–H groups in total. The Morgan fingerprint density at radius 3 is 2.09 bits per heavy atom. The number of unbranched alkanes of at least 4 members (excludes halogenated alkanes) is 1. The quantitative estimate of drug-likeness (QED) is 0.315. The Morgan fingerprint density at radius 1 is 0.875 bits per heavy atom. The Hall–Kier alpha value is -2.90. The van der Waals surface area contributed by atoms with Crippen molar-refractivity contribution in [2.24, 2.45) is 5.73 Å². The highest BCUT2D eigenvalue weighted by molar-refractivity contribution is 6.28. The highest BCUT2D eigenvalue weighted by Gasteiger charge is 2.27. The van der Waals surface area contributed by atoms with Crippen molar-refractivity contribution in [1.29, 1.82) is 0 Å². The molecular weight excluding hydrogens is 430 g/mol. The standard InChI is InChI=1S/C24H30ClN3O4/c25-16-22(29)20(13-7-8-14-26)27-23(30)21(15-18-9-3-1-4-10-18)28-24(31)32-17-19-11-5-2-6-12-19/h1-6,9-12,20-21H,7-8,13-17,26H2,(H,27,30)(H,28,31)/t20-,21-/m0/s1. The molecule has 2 rings (SSSR count). The molecule has 0 aliphatic carbocycles. The number of ether oxygens (including phenoxy) is 1. The summed E-state index contributed by atoms with van der Waals surface area (Å²) < 4.78 is 5.27. The van der Waals surface area contributed by atoms with E-state index in [2.05, 4.69) is 10.6 Å². The van der Waals surface area contributed by atoms with Crippen molar-refractivity contribution in [2.75, 3.05) is 12.4 Å². The van der Waals surface area contributed by atoms with Gasteiger partial charge < -0.3 is 21.1 Å². The van der Waals surface area contributed by atoms with Gasteiger partial charge in [0.25, 0.3) is 0 Å². The van der Waals surface area contributed by atoms with E-state index in [1.807, 2.05) is 60.7 Å². The lowest BCUT2D eigenvalue weighted by Gasteiger charge is -2.22. The molecule has 0 aromatic heterocycles. The van der Waals surface area contributed by atoms with Gasteiger partial charge in [-0.2, -0.15) is 0 Å². The van der Waals surface area contributed by atoms with E-state index in [1.54, 1.807) is 0 Å². The lowest BCUT2D eigenvalue weighted by atomic mass is 10.0. The summed E-state index contributed by atoms with van der Waals surface area (Å²) in [5.41, 5.74) is 7.22. The van der Waals surface area contributed by atoms with Crippen LogP contribution in [-0.4, -0.2) is 42.3 Å². The van der Waals surface area contributed by atoms with Crippen molar-refractivity contribution in [1.82, 2.24) is 10.6 Å². The summed E-state index contributed by atoms with van der Waals surface area (Å²) in [5.74, 6) is -0.951. The van der Waals surface area contributed by atoms with Crippen LogP contribution in [0.2, 0.25) is 0 Å². The molecule has 172 valence electrons. The number of halogens is 1. The maximum Gasteiger partial charge on any atom is 0.408 e. The van der Waals surface area contributed by atoms with Crippen molar-refractivity contribution >= 4 is 29.4 Å². The summed E-state index contributed by atoms with van der Waals surface area (Å²) in [4.78, 5) is 37.6. The second kappa shape index (κ2) is 14.2. The first-order chi connectivity index (χ1) is 15.5. The van der Waals surface area contributed by atoms with Gasteiger partial charge in [-0.25, -0.2) is 4.79 Å². The van der Waals surface area contributed by atoms with Crippen LogP contribution in [0.15, 0.2) is 60.7 Å². The van der Waals surface area contributed by atoms with Crippen LogP contribution < -0.4 is 16.4 Å². The van der Waals surface area contributed by atoms with E-state index in [9.17, 15) is 14.4 Å². The number of Topliss-reactive ketones (excluding diaryl/α,β-unsaturated/α-hetero) is 1. The number of hydrogen-bond donors (Lipinski definition) is 3. The average molecular weight is 460 g/mol. The summed E-state index contributed by atoms with van der Waals surface area (Å²) in [6.07, 6.45) is 1.38. The zero-order valence-electron chi connectivity index (χ0n) is 18.0. The number of amides is 2. The smallest absolute Gasteiger partial charge is 0.408 e. The van der Waals surface area contributed by atoms with E-state index in [1.165, 1.54) is 0 Å². The predicted molar refractivity (Wildman–Crippen MR) is 124 cm³/mol. The topological polar surface area (TPSA) is 111 Å². The van der Waals surface area contributed by atoms with Crippen LogP contribution in [0.3, 0.4) is 0 Å². The zero-order chi connectivity index (χ0) is 23.2. The fraction of sp³-hybridized carbons (Fsp3) is 0.375. The molecule has 0 bridgehead atoms. The average Bonchev–Trinajstić information content (AvgIpc) is 2.82. The number of alkyl halides is 1. The number of rotatable bonds is 13. The van der Waals surface area contributed by atoms with E-state index in [-0.39, 0.29) is 24.7 Å². The lowest BCUT2D eigenvalue weighted by Crippen LogP contribution is -2.52. The molecule has 8 heteroatoms. The molecule has 0 spiro atoms. The van der Waals surface area contributed by atoms with Crippen LogP contribution >= 0.6 is 11.6 Å². The van der Waals surface area contributed by atoms with Gasteiger partial charge in [-0.1, -0.05) is 60.7 Å². The van der Waals surface area contributed by atoms with Crippen molar-refractivity contribution < 1.29 is 19.1 Å². The van der Waals surface area contributed by atoms with E-state index >= 15 is 0 Å². The van der Waals surface area contributed by atoms with Gasteiger partial charge in [0.1, 0.15) is 12.6 Å². The number of hydrogen-bond acceptors (Lipinski definition) is 5. The van der Waals surface area contributed by atoms with Gasteiger partial charge in [0.15, 0.2) is 5.78 Å².